The lowest BCUT2D eigenvalue weighted by Crippen LogP contribution is -2.36. The third-order valence-electron chi connectivity index (χ3n) is 3.51. The second-order valence-electron chi connectivity index (χ2n) is 4.96. The lowest BCUT2D eigenvalue weighted by Gasteiger charge is -2.23. The third kappa shape index (κ3) is 2.99. The molecule has 0 bridgehead atoms. The van der Waals surface area contributed by atoms with Gasteiger partial charge in [-0.1, -0.05) is 11.6 Å². The molecule has 8 heteroatoms. The molecule has 1 aliphatic rings. The largest absolute Gasteiger partial charge is 0.348 e. The maximum Gasteiger partial charge on any atom is 0.313 e. The van der Waals surface area contributed by atoms with E-state index in [1.165, 1.54) is 12.3 Å². The van der Waals surface area contributed by atoms with Gasteiger partial charge in [-0.05, 0) is 20.4 Å². The highest BCUT2D eigenvalue weighted by Crippen LogP contribution is 2.33. The molecule has 0 amide bonds. The molecule has 0 spiro atoms. The van der Waals surface area contributed by atoms with Crippen molar-refractivity contribution in [3.63, 3.8) is 0 Å². The first kappa shape index (κ1) is 15.3. The van der Waals surface area contributed by atoms with Gasteiger partial charge in [0.15, 0.2) is 0 Å². The normalized spacial score (nSPS) is 22.6. The molecule has 2 rings (SSSR count). The first-order valence-corrected chi connectivity index (χ1v) is 7.84. The molecule has 1 fully saturated rings. The summed E-state index contributed by atoms with van der Waals surface area (Å²) in [6.45, 7) is 1.48. The van der Waals surface area contributed by atoms with Crippen molar-refractivity contribution in [3.05, 3.63) is 27.4 Å². The number of hydrogen-bond donors (Lipinski definition) is 0. The smallest absolute Gasteiger partial charge is 0.313 e. The van der Waals surface area contributed by atoms with Crippen LogP contribution < -0.4 is 4.90 Å². The van der Waals surface area contributed by atoms with E-state index in [4.69, 9.17) is 11.6 Å². The predicted octanol–water partition coefficient (Wildman–Crippen LogP) is 2.12. The second kappa shape index (κ2) is 6.15. The summed E-state index contributed by atoms with van der Waals surface area (Å²) in [7, 11) is 4.06. The monoisotopic (exact) mass is 316 g/mol. The van der Waals surface area contributed by atoms with Crippen molar-refractivity contribution in [1.82, 2.24) is 9.88 Å². The number of nitro groups is 1. The number of hydrogen-bond acceptors (Lipinski definition) is 6. The highest BCUT2D eigenvalue weighted by molar-refractivity contribution is 7.99. The highest BCUT2D eigenvalue weighted by atomic mass is 35.5. The number of halogens is 1. The topological polar surface area (TPSA) is 62.5 Å². The van der Waals surface area contributed by atoms with Crippen LogP contribution in [-0.2, 0) is 0 Å². The molecule has 0 N–H and O–H groups in total. The number of aromatic nitrogens is 1. The molecular formula is C12H17ClN4O2S. The highest BCUT2D eigenvalue weighted by Gasteiger charge is 2.36. The van der Waals surface area contributed by atoms with Crippen LogP contribution in [-0.4, -0.2) is 59.5 Å². The summed E-state index contributed by atoms with van der Waals surface area (Å²) in [6, 6.07) is 1.71. The van der Waals surface area contributed by atoms with Crippen LogP contribution in [0.5, 0.6) is 0 Å². The van der Waals surface area contributed by atoms with Crippen LogP contribution in [0.1, 0.15) is 0 Å². The number of rotatable bonds is 4. The Bertz CT molecular complexity index is 514. The second-order valence-corrected chi connectivity index (χ2v) is 6.48. The molecule has 1 aromatic rings. The molecule has 2 atom stereocenters. The Morgan fingerprint density at radius 3 is 2.75 bits per heavy atom. The van der Waals surface area contributed by atoms with Gasteiger partial charge in [0.25, 0.3) is 0 Å². The van der Waals surface area contributed by atoms with Crippen molar-refractivity contribution in [2.24, 2.45) is 0 Å². The Balaban J connectivity index is 2.31. The number of pyridine rings is 1. The maximum atomic E-state index is 11.2. The minimum absolute atomic E-state index is 0.0308. The van der Waals surface area contributed by atoms with Gasteiger partial charge in [0, 0.05) is 36.6 Å². The van der Waals surface area contributed by atoms with Gasteiger partial charge in [-0.15, -0.1) is 0 Å². The van der Waals surface area contributed by atoms with Crippen LogP contribution >= 0.6 is 23.4 Å². The SMILES string of the molecule is CS[C@@H]1CN(c2ncc(Cl)cc2[N+](=O)[O-])C[C@H]1N(C)C. The number of nitrogens with zero attached hydrogens (tertiary/aromatic N) is 4. The van der Waals surface area contributed by atoms with Gasteiger partial charge in [0.05, 0.1) is 9.95 Å². The molecule has 1 aliphatic heterocycles. The molecule has 20 heavy (non-hydrogen) atoms. The van der Waals surface area contributed by atoms with Crippen LogP contribution in [0.15, 0.2) is 12.3 Å². The summed E-state index contributed by atoms with van der Waals surface area (Å²) in [5.74, 6) is 0.405. The summed E-state index contributed by atoms with van der Waals surface area (Å²) >= 11 is 7.58. The van der Waals surface area contributed by atoms with Gasteiger partial charge in [0.2, 0.25) is 5.82 Å². The summed E-state index contributed by atoms with van der Waals surface area (Å²) in [5.41, 5.74) is -0.0308. The molecule has 0 saturated carbocycles. The Labute approximate surface area is 127 Å². The molecular weight excluding hydrogens is 300 g/mol. The third-order valence-corrected chi connectivity index (χ3v) is 4.79. The minimum atomic E-state index is -0.425. The fourth-order valence-electron chi connectivity index (χ4n) is 2.46. The first-order chi connectivity index (χ1) is 9.43. The van der Waals surface area contributed by atoms with Crippen molar-refractivity contribution >= 4 is 34.9 Å². The van der Waals surface area contributed by atoms with Gasteiger partial charge in [0.1, 0.15) is 0 Å². The maximum absolute atomic E-state index is 11.2. The molecule has 110 valence electrons. The Hall–Kier alpha value is -1.05. The molecule has 0 unspecified atom stereocenters. The summed E-state index contributed by atoms with van der Waals surface area (Å²) in [5, 5.41) is 11.8. The van der Waals surface area contributed by atoms with Crippen molar-refractivity contribution in [3.8, 4) is 0 Å². The van der Waals surface area contributed by atoms with Crippen molar-refractivity contribution in [1.29, 1.82) is 0 Å². The average Bonchev–Trinajstić information content (AvgIpc) is 2.82. The van der Waals surface area contributed by atoms with Crippen LogP contribution in [0.25, 0.3) is 0 Å². The van der Waals surface area contributed by atoms with Crippen LogP contribution in [0, 0.1) is 10.1 Å². The fourth-order valence-corrected chi connectivity index (χ4v) is 3.58. The fraction of sp³-hybridized carbons (Fsp3) is 0.583. The van der Waals surface area contributed by atoms with E-state index in [0.29, 0.717) is 17.1 Å². The molecule has 6 nitrogen and oxygen atoms in total. The summed E-state index contributed by atoms with van der Waals surface area (Å²) < 4.78 is 0. The molecule has 1 saturated heterocycles. The van der Waals surface area contributed by atoms with Crippen LogP contribution in [0.4, 0.5) is 11.5 Å². The van der Waals surface area contributed by atoms with E-state index in [9.17, 15) is 10.1 Å². The molecule has 0 aliphatic carbocycles. The lowest BCUT2D eigenvalue weighted by atomic mass is 10.2. The minimum Gasteiger partial charge on any atom is -0.348 e. The van der Waals surface area contributed by atoms with E-state index in [-0.39, 0.29) is 10.7 Å². The Morgan fingerprint density at radius 1 is 1.55 bits per heavy atom. The van der Waals surface area contributed by atoms with Crippen molar-refractivity contribution in [2.45, 2.75) is 11.3 Å². The first-order valence-electron chi connectivity index (χ1n) is 6.18. The standard InChI is InChI=1S/C12H17ClN4O2S/c1-15(2)10-6-16(7-11(10)20-3)12-9(17(18)19)4-8(13)5-14-12/h4-5,10-11H,6-7H2,1-3H3/t10-,11-/m1/s1. The summed E-state index contributed by atoms with van der Waals surface area (Å²) in [4.78, 5) is 19.0. The lowest BCUT2D eigenvalue weighted by molar-refractivity contribution is -0.384. The Kier molecular flexibility index (Phi) is 4.72. The number of anilines is 1. The number of likely N-dealkylation sites (N-methyl/N-ethyl adjacent to an activating group) is 1. The zero-order valence-corrected chi connectivity index (χ0v) is 13.2. The van der Waals surface area contributed by atoms with Gasteiger partial charge < -0.3 is 9.80 Å². The average molecular weight is 317 g/mol. The molecule has 1 aromatic heterocycles. The molecule has 0 aromatic carbocycles. The number of thioether (sulfide) groups is 1. The van der Waals surface area contributed by atoms with E-state index >= 15 is 0 Å². The predicted molar refractivity (Wildman–Crippen MR) is 82.9 cm³/mol. The quantitative estimate of drug-likeness (QED) is 0.626. The zero-order valence-electron chi connectivity index (χ0n) is 11.6. The van der Waals surface area contributed by atoms with E-state index < -0.39 is 4.92 Å². The van der Waals surface area contributed by atoms with E-state index in [0.717, 1.165) is 13.1 Å². The van der Waals surface area contributed by atoms with Crippen LogP contribution in [0.2, 0.25) is 5.02 Å². The Morgan fingerprint density at radius 2 is 2.25 bits per heavy atom. The molecule has 2 heterocycles. The van der Waals surface area contributed by atoms with Crippen molar-refractivity contribution < 1.29 is 4.92 Å². The molecule has 0 radical (unpaired) electrons. The van der Waals surface area contributed by atoms with E-state index in [2.05, 4.69) is 16.1 Å². The zero-order chi connectivity index (χ0) is 14.9. The van der Waals surface area contributed by atoms with Crippen molar-refractivity contribution in [2.75, 3.05) is 38.3 Å². The van der Waals surface area contributed by atoms with Gasteiger partial charge in [-0.3, -0.25) is 10.1 Å². The van der Waals surface area contributed by atoms with Gasteiger partial charge in [-0.25, -0.2) is 4.98 Å². The van der Waals surface area contributed by atoms with Crippen LogP contribution in [0.3, 0.4) is 0 Å². The summed E-state index contributed by atoms with van der Waals surface area (Å²) in [6.07, 6.45) is 3.52. The van der Waals surface area contributed by atoms with Gasteiger partial charge >= 0.3 is 5.69 Å². The van der Waals surface area contributed by atoms with E-state index in [1.54, 1.807) is 11.8 Å². The van der Waals surface area contributed by atoms with E-state index in [1.807, 2.05) is 19.0 Å². The van der Waals surface area contributed by atoms with Gasteiger partial charge in [-0.2, -0.15) is 11.8 Å².